The van der Waals surface area contributed by atoms with E-state index in [-0.39, 0.29) is 10.1 Å². The van der Waals surface area contributed by atoms with Gasteiger partial charge < -0.3 is 10.6 Å². The van der Waals surface area contributed by atoms with Crippen LogP contribution in [0.3, 0.4) is 0 Å². The van der Waals surface area contributed by atoms with Crippen LogP contribution in [0.2, 0.25) is 0 Å². The molecule has 3 rings (SSSR count). The Balaban J connectivity index is 1.80. The zero-order chi connectivity index (χ0) is 18.0. The number of nitrogens with one attached hydrogen (secondary N) is 2. The third-order valence-electron chi connectivity index (χ3n) is 3.94. The zero-order valence-electron chi connectivity index (χ0n) is 13.4. The van der Waals surface area contributed by atoms with E-state index in [0.717, 1.165) is 11.3 Å². The lowest BCUT2D eigenvalue weighted by molar-refractivity contribution is -0.119. The second kappa shape index (κ2) is 7.24. The maximum atomic E-state index is 12.7. The predicted octanol–water partition coefficient (Wildman–Crippen LogP) is 1.96. The Morgan fingerprint density at radius 2 is 2.04 bits per heavy atom. The highest BCUT2D eigenvalue weighted by Gasteiger charge is 2.40. The molecule has 2 aromatic rings. The molecule has 0 bridgehead atoms. The van der Waals surface area contributed by atoms with Gasteiger partial charge in [-0.25, -0.2) is 8.42 Å². The Bertz CT molecular complexity index is 874. The summed E-state index contributed by atoms with van der Waals surface area (Å²) in [5, 5.41) is 9.04. The standard InChI is InChI=1S/C15H17N3O4S3/c1-16-13(19)10-6-9-24-15(10)17-14(20)11-4-2-7-18(11)25(21,22)12-5-3-8-23-12/h3,5-6,8-9,11H,2,4,7H2,1H3,(H,16,19)(H,17,20)/t11-/m0/s1. The predicted molar refractivity (Wildman–Crippen MR) is 97.6 cm³/mol. The van der Waals surface area contributed by atoms with Crippen LogP contribution in [0.5, 0.6) is 0 Å². The molecule has 0 radical (unpaired) electrons. The highest BCUT2D eigenvalue weighted by atomic mass is 32.2. The molecule has 0 aromatic carbocycles. The molecule has 0 spiro atoms. The second-order valence-electron chi connectivity index (χ2n) is 5.44. The van der Waals surface area contributed by atoms with E-state index in [9.17, 15) is 18.0 Å². The first kappa shape index (κ1) is 18.1. The van der Waals surface area contributed by atoms with Crippen molar-refractivity contribution in [2.24, 2.45) is 0 Å². The lowest BCUT2D eigenvalue weighted by atomic mass is 10.2. The van der Waals surface area contributed by atoms with Crippen molar-refractivity contribution in [2.45, 2.75) is 23.1 Å². The molecule has 3 heterocycles. The molecule has 0 unspecified atom stereocenters. The summed E-state index contributed by atoms with van der Waals surface area (Å²) in [4.78, 5) is 24.5. The fourth-order valence-corrected chi connectivity index (χ4v) is 6.29. The van der Waals surface area contributed by atoms with Gasteiger partial charge in [-0.3, -0.25) is 9.59 Å². The van der Waals surface area contributed by atoms with Crippen molar-refractivity contribution in [2.75, 3.05) is 18.9 Å². The van der Waals surface area contributed by atoms with Crippen LogP contribution in [0.15, 0.2) is 33.2 Å². The summed E-state index contributed by atoms with van der Waals surface area (Å²) in [6, 6.07) is 4.06. The van der Waals surface area contributed by atoms with Crippen LogP contribution in [-0.4, -0.2) is 44.2 Å². The maximum Gasteiger partial charge on any atom is 0.254 e. The van der Waals surface area contributed by atoms with E-state index in [1.807, 2.05) is 0 Å². The summed E-state index contributed by atoms with van der Waals surface area (Å²) in [6.45, 7) is 0.311. The molecule has 0 aliphatic carbocycles. The van der Waals surface area contributed by atoms with Crippen LogP contribution >= 0.6 is 22.7 Å². The van der Waals surface area contributed by atoms with Crippen molar-refractivity contribution < 1.29 is 18.0 Å². The van der Waals surface area contributed by atoms with Gasteiger partial charge in [0.1, 0.15) is 15.3 Å². The van der Waals surface area contributed by atoms with E-state index in [2.05, 4.69) is 10.6 Å². The quantitative estimate of drug-likeness (QED) is 0.803. The van der Waals surface area contributed by atoms with Gasteiger partial charge in [0.15, 0.2) is 0 Å². The third kappa shape index (κ3) is 3.47. The van der Waals surface area contributed by atoms with Crippen molar-refractivity contribution in [1.82, 2.24) is 9.62 Å². The molecule has 0 saturated carbocycles. The summed E-state index contributed by atoms with van der Waals surface area (Å²) in [5.41, 5.74) is 0.367. The summed E-state index contributed by atoms with van der Waals surface area (Å²) >= 11 is 2.36. The fourth-order valence-electron chi connectivity index (χ4n) is 2.73. The molecule has 1 aliphatic heterocycles. The van der Waals surface area contributed by atoms with E-state index in [0.29, 0.717) is 30.0 Å². The molecule has 1 aliphatic rings. The lowest BCUT2D eigenvalue weighted by Crippen LogP contribution is -2.43. The van der Waals surface area contributed by atoms with Crippen molar-refractivity contribution in [3.05, 3.63) is 34.5 Å². The van der Waals surface area contributed by atoms with Crippen LogP contribution in [0.4, 0.5) is 5.00 Å². The molecule has 1 atom stereocenters. The molecule has 7 nitrogen and oxygen atoms in total. The Morgan fingerprint density at radius 3 is 2.72 bits per heavy atom. The third-order valence-corrected chi connectivity index (χ3v) is 8.05. The van der Waals surface area contributed by atoms with Crippen molar-refractivity contribution in [1.29, 1.82) is 0 Å². The minimum atomic E-state index is -3.68. The number of hydrogen-bond donors (Lipinski definition) is 2. The van der Waals surface area contributed by atoms with Crippen LogP contribution in [0.1, 0.15) is 23.2 Å². The van der Waals surface area contributed by atoms with Crippen LogP contribution in [0.25, 0.3) is 0 Å². The number of thiophene rings is 2. The van der Waals surface area contributed by atoms with Crippen molar-refractivity contribution in [3.63, 3.8) is 0 Å². The molecule has 10 heteroatoms. The summed E-state index contributed by atoms with van der Waals surface area (Å²) in [5.74, 6) is -0.712. The number of anilines is 1. The second-order valence-corrected chi connectivity index (χ2v) is 9.42. The first-order valence-corrected chi connectivity index (χ1v) is 10.8. The molecular formula is C15H17N3O4S3. The van der Waals surface area contributed by atoms with Crippen LogP contribution in [-0.2, 0) is 14.8 Å². The summed E-state index contributed by atoms with van der Waals surface area (Å²) in [7, 11) is -2.17. The molecule has 2 aromatic heterocycles. The topological polar surface area (TPSA) is 95.6 Å². The highest BCUT2D eigenvalue weighted by molar-refractivity contribution is 7.91. The summed E-state index contributed by atoms with van der Waals surface area (Å²) in [6.07, 6.45) is 1.08. The minimum Gasteiger partial charge on any atom is -0.355 e. The smallest absolute Gasteiger partial charge is 0.254 e. The number of rotatable bonds is 5. The van der Waals surface area contributed by atoms with E-state index in [4.69, 9.17) is 0 Å². The van der Waals surface area contributed by atoms with Gasteiger partial charge >= 0.3 is 0 Å². The first-order valence-electron chi connectivity index (χ1n) is 7.61. The van der Waals surface area contributed by atoms with Crippen LogP contribution in [0, 0.1) is 0 Å². The number of carbonyl (C=O) groups is 2. The lowest BCUT2D eigenvalue weighted by Gasteiger charge is -2.22. The van der Waals surface area contributed by atoms with Gasteiger partial charge in [-0.15, -0.1) is 22.7 Å². The number of carbonyl (C=O) groups excluding carboxylic acids is 2. The Kier molecular flexibility index (Phi) is 5.23. The molecule has 25 heavy (non-hydrogen) atoms. The van der Waals surface area contributed by atoms with E-state index in [1.165, 1.54) is 28.8 Å². The average molecular weight is 400 g/mol. The molecule has 1 fully saturated rings. The van der Waals surface area contributed by atoms with Gasteiger partial charge in [-0.2, -0.15) is 4.31 Å². The number of hydrogen-bond acceptors (Lipinski definition) is 6. The number of nitrogens with zero attached hydrogens (tertiary/aromatic N) is 1. The van der Waals surface area contributed by atoms with Gasteiger partial charge in [-0.1, -0.05) is 6.07 Å². The molecule has 1 saturated heterocycles. The Morgan fingerprint density at radius 1 is 1.24 bits per heavy atom. The van der Waals surface area contributed by atoms with Gasteiger partial charge in [0, 0.05) is 13.6 Å². The molecular weight excluding hydrogens is 382 g/mol. The van der Waals surface area contributed by atoms with Gasteiger partial charge in [0.2, 0.25) is 5.91 Å². The summed E-state index contributed by atoms with van der Waals surface area (Å²) < 4.78 is 26.9. The van der Waals surface area contributed by atoms with E-state index < -0.39 is 22.0 Å². The fraction of sp³-hybridized carbons (Fsp3) is 0.333. The highest BCUT2D eigenvalue weighted by Crippen LogP contribution is 2.30. The normalized spacial score (nSPS) is 18.2. The minimum absolute atomic E-state index is 0.231. The van der Waals surface area contributed by atoms with Gasteiger partial charge in [0.05, 0.1) is 5.56 Å². The number of amides is 2. The van der Waals surface area contributed by atoms with Crippen molar-refractivity contribution >= 4 is 49.5 Å². The maximum absolute atomic E-state index is 12.7. The van der Waals surface area contributed by atoms with Gasteiger partial charge in [-0.05, 0) is 35.7 Å². The Labute approximate surface area is 153 Å². The monoisotopic (exact) mass is 399 g/mol. The molecule has 2 amide bonds. The molecule has 2 N–H and O–H groups in total. The van der Waals surface area contributed by atoms with Crippen LogP contribution < -0.4 is 10.6 Å². The SMILES string of the molecule is CNC(=O)c1ccsc1NC(=O)[C@@H]1CCCN1S(=O)(=O)c1cccs1. The van der Waals surface area contributed by atoms with Gasteiger partial charge in [0.25, 0.3) is 15.9 Å². The average Bonchev–Trinajstić information content (AvgIpc) is 3.33. The first-order chi connectivity index (χ1) is 11.9. The number of sulfonamides is 1. The largest absolute Gasteiger partial charge is 0.355 e. The van der Waals surface area contributed by atoms with E-state index in [1.54, 1.807) is 22.9 Å². The Hall–Kier alpha value is -1.75. The molecule has 134 valence electrons. The zero-order valence-corrected chi connectivity index (χ0v) is 15.8. The van der Waals surface area contributed by atoms with Crippen molar-refractivity contribution in [3.8, 4) is 0 Å². The van der Waals surface area contributed by atoms with E-state index >= 15 is 0 Å².